The number of hydrogen-bond donors (Lipinski definition) is 1. The molecule has 0 radical (unpaired) electrons. The summed E-state index contributed by atoms with van der Waals surface area (Å²) in [6, 6.07) is 0. The van der Waals surface area contributed by atoms with Crippen molar-refractivity contribution in [2.75, 3.05) is 19.8 Å². The minimum atomic E-state index is -4.88. The minimum Gasteiger partial charge on any atom is -0.354 e. The maximum Gasteiger partial charge on any atom is 0.399 e. The molecule has 0 aromatic carbocycles. The van der Waals surface area contributed by atoms with Gasteiger partial charge >= 0.3 is 18.9 Å². The minimum absolute atomic E-state index is 0.178. The van der Waals surface area contributed by atoms with Gasteiger partial charge in [-0.1, -0.05) is 0 Å². The molecule has 1 aromatic rings. The van der Waals surface area contributed by atoms with E-state index in [0.29, 0.717) is 0 Å². The second-order valence-electron chi connectivity index (χ2n) is 6.27. The molecular weight excluding hydrogens is 392 g/mol. The van der Waals surface area contributed by atoms with Crippen LogP contribution in [0.25, 0.3) is 0 Å². The van der Waals surface area contributed by atoms with Gasteiger partial charge in [-0.3, -0.25) is 18.9 Å². The van der Waals surface area contributed by atoms with Gasteiger partial charge in [-0.15, -0.1) is 0 Å². The molecule has 0 saturated carbocycles. The number of halogens is 3. The lowest BCUT2D eigenvalue weighted by atomic mass is 10.0. The van der Waals surface area contributed by atoms with E-state index in [0.717, 1.165) is 4.57 Å². The highest BCUT2D eigenvalue weighted by atomic mass is 31.2. The molecule has 8 nitrogen and oxygen atoms in total. The van der Waals surface area contributed by atoms with E-state index < -0.39 is 55.9 Å². The fourth-order valence-corrected chi connectivity index (χ4v) is 4.43. The Kier molecular flexibility index (Phi) is 6.40. The zero-order valence-electron chi connectivity index (χ0n) is 15.2. The lowest BCUT2D eigenvalue weighted by molar-refractivity contribution is -0.0241. The third-order valence-electron chi connectivity index (χ3n) is 4.06. The van der Waals surface area contributed by atoms with Crippen LogP contribution in [0.2, 0.25) is 0 Å². The molecule has 1 fully saturated rings. The molecule has 0 amide bonds. The van der Waals surface area contributed by atoms with Crippen molar-refractivity contribution in [2.45, 2.75) is 51.2 Å². The summed E-state index contributed by atoms with van der Waals surface area (Å²) in [7, 11) is -4.88. The molecule has 2 heterocycles. The highest BCUT2D eigenvalue weighted by molar-refractivity contribution is 7.55. The van der Waals surface area contributed by atoms with Crippen molar-refractivity contribution in [1.29, 1.82) is 0 Å². The van der Waals surface area contributed by atoms with Gasteiger partial charge in [0, 0.05) is 18.2 Å². The first-order valence-corrected chi connectivity index (χ1v) is 9.91. The van der Waals surface area contributed by atoms with Crippen LogP contribution in [0.5, 0.6) is 0 Å². The van der Waals surface area contributed by atoms with Gasteiger partial charge in [-0.25, -0.2) is 9.18 Å². The number of aromatic amines is 1. The van der Waals surface area contributed by atoms with Crippen molar-refractivity contribution in [3.63, 3.8) is 0 Å². The normalized spacial score (nSPS) is 23.7. The van der Waals surface area contributed by atoms with E-state index in [1.807, 2.05) is 4.98 Å². The van der Waals surface area contributed by atoms with Gasteiger partial charge in [0.25, 0.3) is 5.56 Å². The monoisotopic (exact) mass is 414 g/mol. The second kappa shape index (κ2) is 7.90. The summed E-state index contributed by atoms with van der Waals surface area (Å²) in [5, 5.41) is 0. The van der Waals surface area contributed by atoms with E-state index in [-0.39, 0.29) is 18.8 Å². The quantitative estimate of drug-likeness (QED) is 0.657. The summed E-state index contributed by atoms with van der Waals surface area (Å²) < 4.78 is 71.8. The van der Waals surface area contributed by atoms with Gasteiger partial charge in [-0.05, 0) is 20.8 Å². The zero-order valence-corrected chi connectivity index (χ0v) is 16.1. The Morgan fingerprint density at radius 3 is 2.52 bits per heavy atom. The number of nitrogens with zero attached hydrogens (tertiary/aromatic N) is 1. The van der Waals surface area contributed by atoms with Gasteiger partial charge in [0.05, 0.1) is 26.2 Å². The van der Waals surface area contributed by atoms with Crippen molar-refractivity contribution in [3.05, 3.63) is 32.6 Å². The van der Waals surface area contributed by atoms with Crippen molar-refractivity contribution in [2.24, 2.45) is 0 Å². The van der Waals surface area contributed by atoms with Crippen LogP contribution >= 0.6 is 7.60 Å². The maximum absolute atomic E-state index is 15.0. The Morgan fingerprint density at radius 1 is 1.37 bits per heavy atom. The van der Waals surface area contributed by atoms with Gasteiger partial charge in [-0.2, -0.15) is 8.78 Å². The molecule has 12 heteroatoms. The Morgan fingerprint density at radius 2 is 1.96 bits per heavy atom. The molecule has 1 N–H and O–H groups in total. The van der Waals surface area contributed by atoms with Gasteiger partial charge in [0.15, 0.2) is 0 Å². The molecule has 1 aromatic heterocycles. The topological polar surface area (TPSA) is 99.6 Å². The van der Waals surface area contributed by atoms with Crippen LogP contribution in [-0.4, -0.2) is 40.7 Å². The van der Waals surface area contributed by atoms with Crippen molar-refractivity contribution >= 4 is 7.60 Å². The molecule has 1 aliphatic rings. The fourth-order valence-electron chi connectivity index (χ4n) is 2.82. The van der Waals surface area contributed by atoms with Crippen LogP contribution in [0.3, 0.4) is 0 Å². The van der Waals surface area contributed by atoms with Crippen LogP contribution in [0.4, 0.5) is 13.2 Å². The predicted octanol–water partition coefficient (Wildman–Crippen LogP) is 2.72. The van der Waals surface area contributed by atoms with Gasteiger partial charge in [0.2, 0.25) is 0 Å². The van der Waals surface area contributed by atoms with Crippen LogP contribution < -0.4 is 11.2 Å². The molecule has 0 unspecified atom stereocenters. The number of nitrogens with one attached hydrogen (secondary N) is 1. The number of H-pyrrole nitrogens is 1. The largest absolute Gasteiger partial charge is 0.399 e. The summed E-state index contributed by atoms with van der Waals surface area (Å²) in [5.74, 6) is 0. The van der Waals surface area contributed by atoms with E-state index in [1.54, 1.807) is 0 Å². The number of hydrogen-bond acceptors (Lipinski definition) is 6. The Balaban J connectivity index is 2.23. The molecule has 1 aliphatic heterocycles. The second-order valence-corrected chi connectivity index (χ2v) is 8.44. The van der Waals surface area contributed by atoms with Crippen LogP contribution in [0.1, 0.15) is 38.5 Å². The molecule has 0 spiro atoms. The average molecular weight is 414 g/mol. The Bertz CT molecular complexity index is 832. The van der Waals surface area contributed by atoms with Crippen molar-refractivity contribution in [1.82, 2.24) is 9.55 Å². The molecule has 1 saturated heterocycles. The summed E-state index contributed by atoms with van der Waals surface area (Å²) in [6.45, 7) is 2.84. The number of alkyl halides is 3. The first kappa shape index (κ1) is 21.9. The summed E-state index contributed by atoms with van der Waals surface area (Å²) >= 11 is 0. The number of ether oxygens (including phenoxy) is 1. The third-order valence-corrected chi connectivity index (χ3v) is 6.21. The summed E-state index contributed by atoms with van der Waals surface area (Å²) in [5.41, 5.74) is -7.93. The molecular formula is C15H22F3N2O6P. The van der Waals surface area contributed by atoms with Crippen LogP contribution in [0.15, 0.2) is 15.8 Å². The predicted molar refractivity (Wildman–Crippen MR) is 89.9 cm³/mol. The molecule has 0 bridgehead atoms. The Hall–Kier alpha value is -1.42. The van der Waals surface area contributed by atoms with E-state index in [2.05, 4.69) is 9.05 Å². The maximum atomic E-state index is 15.0. The SMILES string of the molecule is CCOP(=O)(OCC)C(F)(F)C[C@@]1(F)CO[C@@H](n2cc(C)c(=O)[nH]c2=O)C1. The smallest absolute Gasteiger partial charge is 0.354 e. The highest BCUT2D eigenvalue weighted by Gasteiger charge is 2.59. The lowest BCUT2D eigenvalue weighted by Gasteiger charge is -2.29. The van der Waals surface area contributed by atoms with Crippen molar-refractivity contribution < 1.29 is 31.5 Å². The summed E-state index contributed by atoms with van der Waals surface area (Å²) in [6.07, 6.45) is -2.06. The molecule has 27 heavy (non-hydrogen) atoms. The van der Waals surface area contributed by atoms with Crippen LogP contribution in [-0.2, 0) is 18.3 Å². The fraction of sp³-hybridized carbons (Fsp3) is 0.733. The molecule has 2 atom stereocenters. The van der Waals surface area contributed by atoms with Gasteiger partial charge in [0.1, 0.15) is 11.9 Å². The lowest BCUT2D eigenvalue weighted by Crippen LogP contribution is -2.35. The van der Waals surface area contributed by atoms with E-state index in [9.17, 15) is 22.9 Å². The first-order chi connectivity index (χ1) is 12.5. The number of aryl methyl sites for hydroxylation is 1. The van der Waals surface area contributed by atoms with Gasteiger partial charge < -0.3 is 13.8 Å². The van der Waals surface area contributed by atoms with E-state index in [1.165, 1.54) is 27.0 Å². The number of rotatable bonds is 8. The Labute approximate surface area is 153 Å². The van der Waals surface area contributed by atoms with E-state index >= 15 is 4.39 Å². The summed E-state index contributed by atoms with van der Waals surface area (Å²) in [4.78, 5) is 25.3. The van der Waals surface area contributed by atoms with E-state index in [4.69, 9.17) is 4.74 Å². The molecule has 0 aliphatic carbocycles. The number of aromatic nitrogens is 2. The van der Waals surface area contributed by atoms with Crippen LogP contribution in [0, 0.1) is 6.92 Å². The standard InChI is InChI=1S/C15H22F3N2O6P/c1-4-25-27(23,26-5-2)15(17,18)8-14(16)6-11(24-9-14)20-7-10(3)12(21)19-13(20)22/h7,11H,4-6,8-9H2,1-3H3,(H,19,21,22)/t11-,14-/m1/s1. The first-order valence-electron chi connectivity index (χ1n) is 8.36. The zero-order chi connectivity index (χ0) is 20.5. The molecule has 2 rings (SSSR count). The van der Waals surface area contributed by atoms with Crippen molar-refractivity contribution in [3.8, 4) is 0 Å². The highest BCUT2D eigenvalue weighted by Crippen LogP contribution is 2.65. The third kappa shape index (κ3) is 4.53. The average Bonchev–Trinajstić information content (AvgIpc) is 2.92. The molecule has 154 valence electrons.